The van der Waals surface area contributed by atoms with Crippen LogP contribution in [0.2, 0.25) is 0 Å². The number of nitrogens with one attached hydrogen (secondary N) is 1. The van der Waals surface area contributed by atoms with Crippen LogP contribution in [0.15, 0.2) is 5.16 Å². The van der Waals surface area contributed by atoms with Gasteiger partial charge in [-0.05, 0) is 19.1 Å². The number of hydrogen-bond acceptors (Lipinski definition) is 7. The van der Waals surface area contributed by atoms with E-state index in [1.165, 1.54) is 23.3 Å². The minimum atomic E-state index is -0.211. The second-order valence-corrected chi connectivity index (χ2v) is 5.31. The van der Waals surface area contributed by atoms with E-state index < -0.39 is 0 Å². The lowest BCUT2D eigenvalue weighted by Gasteiger charge is -2.09. The van der Waals surface area contributed by atoms with Gasteiger partial charge in [0, 0.05) is 18.1 Å². The number of carbonyl (C=O) groups excluding carboxylic acids is 1. The van der Waals surface area contributed by atoms with Crippen LogP contribution in [0.4, 0.5) is 5.13 Å². The van der Waals surface area contributed by atoms with Crippen LogP contribution < -0.4 is 5.32 Å². The summed E-state index contributed by atoms with van der Waals surface area (Å²) < 4.78 is 14.7. The number of carbonyl (C=O) groups is 1. The first-order valence-corrected chi connectivity index (χ1v) is 7.64. The average molecular weight is 289 g/mol. The van der Waals surface area contributed by atoms with E-state index in [1.54, 1.807) is 0 Å². The smallest absolute Gasteiger partial charge is 0.252 e. The van der Waals surface area contributed by atoms with Crippen molar-refractivity contribution in [2.75, 3.05) is 31.4 Å². The molecule has 6 nitrogen and oxygen atoms in total. The van der Waals surface area contributed by atoms with Gasteiger partial charge in [0.1, 0.15) is 6.61 Å². The van der Waals surface area contributed by atoms with Crippen LogP contribution in [-0.2, 0) is 14.3 Å². The Morgan fingerprint density at radius 1 is 1.72 bits per heavy atom. The Bertz CT molecular complexity index is 393. The summed E-state index contributed by atoms with van der Waals surface area (Å²) >= 11 is 2.61. The monoisotopic (exact) mass is 289 g/mol. The lowest BCUT2D eigenvalue weighted by atomic mass is 10.2. The van der Waals surface area contributed by atoms with Crippen molar-refractivity contribution in [3.05, 3.63) is 0 Å². The highest BCUT2D eigenvalue weighted by Gasteiger charge is 2.16. The van der Waals surface area contributed by atoms with Crippen LogP contribution in [0.5, 0.6) is 0 Å². The molecule has 1 atom stereocenters. The Balaban J connectivity index is 1.65. The molecule has 0 aromatic carbocycles. The van der Waals surface area contributed by atoms with Gasteiger partial charge in [0.2, 0.25) is 10.3 Å². The largest absolute Gasteiger partial charge is 0.376 e. The average Bonchev–Trinajstić information content (AvgIpc) is 3.00. The predicted octanol–water partition coefficient (Wildman–Crippen LogP) is 1.39. The second-order valence-electron chi connectivity index (χ2n) is 3.78. The molecule has 18 heavy (non-hydrogen) atoms. The topological polar surface area (TPSA) is 73.3 Å². The number of anilines is 1. The molecule has 0 bridgehead atoms. The molecular weight excluding hydrogens is 274 g/mol. The maximum atomic E-state index is 11.5. The Morgan fingerprint density at radius 2 is 2.61 bits per heavy atom. The number of aromatic nitrogens is 2. The standard InChI is InChI=1S/C10H15N3O3S2/c1-17-10-12-9(18-13-10)11-8(14)6-15-5-7-3-2-4-16-7/h7H,2-6H2,1H3,(H,11,12,13,14). The summed E-state index contributed by atoms with van der Waals surface area (Å²) in [6, 6.07) is 0. The van der Waals surface area contributed by atoms with Crippen molar-refractivity contribution >= 4 is 34.3 Å². The highest BCUT2D eigenvalue weighted by atomic mass is 32.2. The molecule has 2 heterocycles. The van der Waals surface area contributed by atoms with Gasteiger partial charge in [-0.3, -0.25) is 10.1 Å². The van der Waals surface area contributed by atoms with E-state index in [0.29, 0.717) is 16.9 Å². The van der Waals surface area contributed by atoms with Crippen molar-refractivity contribution in [1.29, 1.82) is 0 Å². The van der Waals surface area contributed by atoms with Crippen LogP contribution >= 0.6 is 23.3 Å². The summed E-state index contributed by atoms with van der Waals surface area (Å²) in [6.45, 7) is 1.29. The van der Waals surface area contributed by atoms with Gasteiger partial charge >= 0.3 is 0 Å². The molecule has 0 saturated carbocycles. The molecule has 1 unspecified atom stereocenters. The highest BCUT2D eigenvalue weighted by Crippen LogP contribution is 2.17. The molecule has 0 radical (unpaired) electrons. The van der Waals surface area contributed by atoms with Crippen molar-refractivity contribution in [2.45, 2.75) is 24.1 Å². The number of hydrogen-bond donors (Lipinski definition) is 1. The molecule has 1 fully saturated rings. The Kier molecular flexibility index (Phi) is 5.36. The van der Waals surface area contributed by atoms with Gasteiger partial charge in [-0.25, -0.2) is 0 Å². The third-order valence-corrected chi connectivity index (χ3v) is 3.69. The zero-order chi connectivity index (χ0) is 12.8. The zero-order valence-electron chi connectivity index (χ0n) is 10.0. The molecule has 0 spiro atoms. The third kappa shape index (κ3) is 4.20. The van der Waals surface area contributed by atoms with Crippen molar-refractivity contribution < 1.29 is 14.3 Å². The van der Waals surface area contributed by atoms with E-state index in [1.807, 2.05) is 6.26 Å². The van der Waals surface area contributed by atoms with Crippen molar-refractivity contribution in [1.82, 2.24) is 9.36 Å². The fourth-order valence-corrected chi connectivity index (χ4v) is 2.70. The van der Waals surface area contributed by atoms with Crippen LogP contribution in [0.3, 0.4) is 0 Å². The molecule has 1 N–H and O–H groups in total. The number of ether oxygens (including phenoxy) is 2. The number of amides is 1. The summed E-state index contributed by atoms with van der Waals surface area (Å²) in [4.78, 5) is 15.7. The van der Waals surface area contributed by atoms with Crippen molar-refractivity contribution in [3.8, 4) is 0 Å². The molecule has 1 aliphatic heterocycles. The maximum Gasteiger partial charge on any atom is 0.252 e. The van der Waals surface area contributed by atoms with E-state index in [-0.39, 0.29) is 18.6 Å². The van der Waals surface area contributed by atoms with Crippen molar-refractivity contribution in [3.63, 3.8) is 0 Å². The van der Waals surface area contributed by atoms with Crippen LogP contribution in [0.25, 0.3) is 0 Å². The molecular formula is C10H15N3O3S2. The zero-order valence-corrected chi connectivity index (χ0v) is 11.7. The first kappa shape index (κ1) is 13.7. The van der Waals surface area contributed by atoms with Crippen LogP contribution in [0.1, 0.15) is 12.8 Å². The Morgan fingerprint density at radius 3 is 3.28 bits per heavy atom. The molecule has 8 heteroatoms. The SMILES string of the molecule is CSc1nsc(NC(=O)COCC2CCCO2)n1. The molecule has 0 aliphatic carbocycles. The van der Waals surface area contributed by atoms with Gasteiger partial charge in [0.25, 0.3) is 5.91 Å². The summed E-state index contributed by atoms with van der Waals surface area (Å²) in [5, 5.41) is 3.82. The van der Waals surface area contributed by atoms with E-state index in [2.05, 4.69) is 14.7 Å². The van der Waals surface area contributed by atoms with E-state index in [9.17, 15) is 4.79 Å². The van der Waals surface area contributed by atoms with Gasteiger partial charge in [0.05, 0.1) is 12.7 Å². The molecule has 100 valence electrons. The molecule has 2 rings (SSSR count). The number of thioether (sulfide) groups is 1. The van der Waals surface area contributed by atoms with Gasteiger partial charge < -0.3 is 9.47 Å². The molecule has 1 aromatic heterocycles. The Hall–Kier alpha value is -0.700. The van der Waals surface area contributed by atoms with E-state index in [4.69, 9.17) is 9.47 Å². The first-order chi connectivity index (χ1) is 8.78. The molecule has 1 saturated heterocycles. The minimum absolute atomic E-state index is 0.0219. The number of nitrogens with zero attached hydrogens (tertiary/aromatic N) is 2. The van der Waals surface area contributed by atoms with Gasteiger partial charge in [-0.15, -0.1) is 0 Å². The summed E-state index contributed by atoms with van der Waals surface area (Å²) in [5.74, 6) is -0.211. The van der Waals surface area contributed by atoms with Gasteiger partial charge in [0.15, 0.2) is 0 Å². The normalized spacial score (nSPS) is 19.1. The summed E-state index contributed by atoms with van der Waals surface area (Å²) in [7, 11) is 0. The maximum absolute atomic E-state index is 11.5. The molecule has 1 amide bonds. The minimum Gasteiger partial charge on any atom is -0.376 e. The number of rotatable bonds is 6. The van der Waals surface area contributed by atoms with Crippen LogP contribution in [0, 0.1) is 0 Å². The Labute approximate surface area is 114 Å². The lowest BCUT2D eigenvalue weighted by Crippen LogP contribution is -2.22. The van der Waals surface area contributed by atoms with E-state index >= 15 is 0 Å². The third-order valence-electron chi connectivity index (χ3n) is 2.40. The van der Waals surface area contributed by atoms with Crippen LogP contribution in [-0.4, -0.2) is 47.4 Å². The first-order valence-electron chi connectivity index (χ1n) is 5.65. The quantitative estimate of drug-likeness (QED) is 0.798. The van der Waals surface area contributed by atoms with Crippen molar-refractivity contribution in [2.24, 2.45) is 0 Å². The van der Waals surface area contributed by atoms with E-state index in [0.717, 1.165) is 19.4 Å². The highest BCUT2D eigenvalue weighted by molar-refractivity contribution is 7.98. The lowest BCUT2D eigenvalue weighted by molar-refractivity contribution is -0.121. The second kappa shape index (κ2) is 7.03. The predicted molar refractivity (Wildman–Crippen MR) is 70.1 cm³/mol. The fourth-order valence-electron chi connectivity index (χ4n) is 1.56. The van der Waals surface area contributed by atoms with Gasteiger partial charge in [-0.2, -0.15) is 9.36 Å². The molecule has 1 aromatic rings. The summed E-state index contributed by atoms with van der Waals surface area (Å²) in [5.41, 5.74) is 0. The van der Waals surface area contributed by atoms with Gasteiger partial charge in [-0.1, -0.05) is 11.8 Å². The fraction of sp³-hybridized carbons (Fsp3) is 0.700. The molecule has 1 aliphatic rings. The summed E-state index contributed by atoms with van der Waals surface area (Å²) in [6.07, 6.45) is 4.11.